The Kier molecular flexibility index (Phi) is 5.35. The Morgan fingerprint density at radius 2 is 1.78 bits per heavy atom. The summed E-state index contributed by atoms with van der Waals surface area (Å²) in [5, 5.41) is 9.29. The molecule has 4 aromatic rings. The number of cyclic esters (lactones) is 1. The maximum atomic E-state index is 13.5. The number of aromatic nitrogens is 5. The van der Waals surface area contributed by atoms with Crippen molar-refractivity contribution in [1.82, 2.24) is 24.4 Å². The number of carbonyl (C=O) groups is 2. The summed E-state index contributed by atoms with van der Waals surface area (Å²) in [4.78, 5) is 32.1. The fourth-order valence-corrected chi connectivity index (χ4v) is 5.15. The van der Waals surface area contributed by atoms with Crippen LogP contribution < -0.4 is 4.90 Å². The lowest BCUT2D eigenvalue weighted by Crippen LogP contribution is -2.48. The van der Waals surface area contributed by atoms with Crippen LogP contribution in [0.4, 0.5) is 5.82 Å². The van der Waals surface area contributed by atoms with Crippen molar-refractivity contribution in [2.24, 2.45) is 11.8 Å². The summed E-state index contributed by atoms with van der Waals surface area (Å²) in [5.74, 6) is 0.465. The molecule has 1 saturated carbocycles. The number of fused-ring (bicyclic) bond motifs is 2. The maximum absolute atomic E-state index is 13.5. The highest BCUT2D eigenvalue weighted by Gasteiger charge is 2.40. The third kappa shape index (κ3) is 3.84. The SMILES string of the molecule is Cc1cnc2cc(-c3ccc(-n4cc5c(n4)N(C(=O)C4CCC(C)CC4)C(C)OC5=O)cc3)nn2c1. The van der Waals surface area contributed by atoms with Gasteiger partial charge in [-0.25, -0.2) is 19.0 Å². The molecule has 3 aromatic heterocycles. The molecular formula is C27H28N6O3. The van der Waals surface area contributed by atoms with Crippen molar-refractivity contribution in [3.05, 3.63) is 60.0 Å². The van der Waals surface area contributed by atoms with E-state index in [0.29, 0.717) is 17.3 Å². The lowest BCUT2D eigenvalue weighted by atomic mass is 9.82. The Morgan fingerprint density at radius 1 is 1.03 bits per heavy atom. The van der Waals surface area contributed by atoms with Crippen LogP contribution >= 0.6 is 0 Å². The van der Waals surface area contributed by atoms with Gasteiger partial charge >= 0.3 is 5.97 Å². The molecule has 6 rings (SSSR count). The topological polar surface area (TPSA) is 94.6 Å². The van der Waals surface area contributed by atoms with E-state index in [1.807, 2.05) is 49.6 Å². The number of aryl methyl sites for hydroxylation is 1. The molecule has 1 aromatic carbocycles. The number of carbonyl (C=O) groups excluding carboxylic acids is 2. The molecule has 9 heteroatoms. The van der Waals surface area contributed by atoms with Crippen molar-refractivity contribution in [3.63, 3.8) is 0 Å². The molecule has 0 bridgehead atoms. The summed E-state index contributed by atoms with van der Waals surface area (Å²) in [7, 11) is 0. The Labute approximate surface area is 208 Å². The Balaban J connectivity index is 1.30. The number of hydrogen-bond donors (Lipinski definition) is 0. The number of benzene rings is 1. The van der Waals surface area contributed by atoms with Crippen molar-refractivity contribution in [1.29, 1.82) is 0 Å². The quantitative estimate of drug-likeness (QED) is 0.396. The van der Waals surface area contributed by atoms with E-state index in [9.17, 15) is 9.59 Å². The van der Waals surface area contributed by atoms with Gasteiger partial charge in [-0.1, -0.05) is 19.1 Å². The zero-order chi connectivity index (χ0) is 25.0. The number of hydrogen-bond acceptors (Lipinski definition) is 6. The van der Waals surface area contributed by atoms with E-state index in [1.54, 1.807) is 27.2 Å². The van der Waals surface area contributed by atoms with Gasteiger partial charge < -0.3 is 4.74 Å². The summed E-state index contributed by atoms with van der Waals surface area (Å²) in [6, 6.07) is 9.68. The van der Waals surface area contributed by atoms with Crippen molar-refractivity contribution < 1.29 is 14.3 Å². The fourth-order valence-electron chi connectivity index (χ4n) is 5.15. The van der Waals surface area contributed by atoms with E-state index >= 15 is 0 Å². The predicted octanol–water partition coefficient (Wildman–Crippen LogP) is 4.57. The standard InChI is InChI=1S/C27H28N6O3/c1-16-4-6-20(7-5-16)26(34)33-18(3)36-27(35)22-15-31(30-25(22)33)21-10-8-19(9-11-21)23-12-24-28-13-17(2)14-32(24)29-23/h8-16,18,20H,4-7H2,1-3H3. The molecule has 9 nitrogen and oxygen atoms in total. The average Bonchev–Trinajstić information content (AvgIpc) is 3.49. The molecule has 1 unspecified atom stereocenters. The van der Waals surface area contributed by atoms with Crippen LogP contribution in [0.2, 0.25) is 0 Å². The van der Waals surface area contributed by atoms with Crippen LogP contribution in [0.25, 0.3) is 22.6 Å². The smallest absolute Gasteiger partial charge is 0.345 e. The lowest BCUT2D eigenvalue weighted by Gasteiger charge is -2.35. The van der Waals surface area contributed by atoms with Crippen LogP contribution in [0.1, 0.15) is 55.5 Å². The summed E-state index contributed by atoms with van der Waals surface area (Å²) >= 11 is 0. The first kappa shape index (κ1) is 22.5. The van der Waals surface area contributed by atoms with E-state index in [1.165, 1.54) is 0 Å². The van der Waals surface area contributed by atoms with Crippen LogP contribution in [0.15, 0.2) is 48.9 Å². The highest BCUT2D eigenvalue weighted by molar-refractivity contribution is 6.04. The van der Waals surface area contributed by atoms with E-state index in [4.69, 9.17) is 4.74 Å². The summed E-state index contributed by atoms with van der Waals surface area (Å²) in [5.41, 5.74) is 4.64. The molecule has 1 aliphatic heterocycles. The van der Waals surface area contributed by atoms with Gasteiger partial charge in [0, 0.05) is 36.1 Å². The zero-order valence-electron chi connectivity index (χ0n) is 20.6. The van der Waals surface area contributed by atoms with Gasteiger partial charge in [-0.2, -0.15) is 5.10 Å². The molecule has 1 amide bonds. The van der Waals surface area contributed by atoms with Crippen LogP contribution in [0, 0.1) is 18.8 Å². The number of rotatable bonds is 3. The molecular weight excluding hydrogens is 456 g/mol. The molecule has 0 radical (unpaired) electrons. The number of nitrogens with zero attached hydrogens (tertiary/aromatic N) is 6. The monoisotopic (exact) mass is 484 g/mol. The minimum absolute atomic E-state index is 0.0144. The van der Waals surface area contributed by atoms with Gasteiger partial charge in [0.2, 0.25) is 5.91 Å². The van der Waals surface area contributed by atoms with Crippen LogP contribution in [0.5, 0.6) is 0 Å². The third-order valence-corrected chi connectivity index (χ3v) is 7.26. The molecule has 4 heterocycles. The van der Waals surface area contributed by atoms with Crippen molar-refractivity contribution in [2.75, 3.05) is 4.90 Å². The molecule has 0 N–H and O–H groups in total. The summed E-state index contributed by atoms with van der Waals surface area (Å²) < 4.78 is 8.92. The van der Waals surface area contributed by atoms with Crippen LogP contribution in [-0.4, -0.2) is 42.5 Å². The Bertz CT molecular complexity index is 1460. The van der Waals surface area contributed by atoms with Gasteiger partial charge in [0.15, 0.2) is 17.7 Å². The molecule has 36 heavy (non-hydrogen) atoms. The van der Waals surface area contributed by atoms with Crippen LogP contribution in [0.3, 0.4) is 0 Å². The fraction of sp³-hybridized carbons (Fsp3) is 0.370. The Hall–Kier alpha value is -4.01. The summed E-state index contributed by atoms with van der Waals surface area (Å²) in [6.45, 7) is 5.93. The van der Waals surface area contributed by atoms with E-state index in [-0.39, 0.29) is 11.8 Å². The normalized spacial score (nSPS) is 21.9. The maximum Gasteiger partial charge on any atom is 0.345 e. The van der Waals surface area contributed by atoms with Gasteiger partial charge in [-0.05, 0) is 63.1 Å². The van der Waals surface area contributed by atoms with Crippen molar-refractivity contribution >= 4 is 23.3 Å². The van der Waals surface area contributed by atoms with E-state index in [0.717, 1.165) is 53.8 Å². The first-order valence-electron chi connectivity index (χ1n) is 12.4. The highest BCUT2D eigenvalue weighted by Crippen LogP contribution is 2.35. The van der Waals surface area contributed by atoms with Crippen molar-refractivity contribution in [3.8, 4) is 16.9 Å². The minimum Gasteiger partial charge on any atom is -0.438 e. The molecule has 1 fully saturated rings. The number of ether oxygens (including phenoxy) is 1. The van der Waals surface area contributed by atoms with Gasteiger partial charge in [0.05, 0.1) is 11.4 Å². The first-order valence-corrected chi connectivity index (χ1v) is 12.4. The number of amides is 1. The van der Waals surface area contributed by atoms with Gasteiger partial charge in [0.25, 0.3) is 0 Å². The van der Waals surface area contributed by atoms with Gasteiger partial charge in [0.1, 0.15) is 5.56 Å². The zero-order valence-corrected chi connectivity index (χ0v) is 20.6. The number of anilines is 1. The second-order valence-corrected chi connectivity index (χ2v) is 9.99. The van der Waals surface area contributed by atoms with Gasteiger partial charge in [-0.15, -0.1) is 5.10 Å². The second kappa shape index (κ2) is 8.58. The van der Waals surface area contributed by atoms with E-state index < -0.39 is 12.2 Å². The summed E-state index contributed by atoms with van der Waals surface area (Å²) in [6.07, 6.45) is 8.49. The highest BCUT2D eigenvalue weighted by atomic mass is 16.6. The predicted molar refractivity (Wildman–Crippen MR) is 134 cm³/mol. The number of esters is 1. The average molecular weight is 485 g/mol. The largest absolute Gasteiger partial charge is 0.438 e. The lowest BCUT2D eigenvalue weighted by molar-refractivity contribution is -0.125. The molecule has 0 saturated heterocycles. The van der Waals surface area contributed by atoms with Crippen LogP contribution in [-0.2, 0) is 9.53 Å². The first-order chi connectivity index (χ1) is 17.4. The van der Waals surface area contributed by atoms with Gasteiger partial charge in [-0.3, -0.25) is 9.69 Å². The third-order valence-electron chi connectivity index (χ3n) is 7.26. The second-order valence-electron chi connectivity index (χ2n) is 9.99. The molecule has 2 aliphatic rings. The molecule has 0 spiro atoms. The molecule has 184 valence electrons. The molecule has 1 atom stereocenters. The van der Waals surface area contributed by atoms with E-state index in [2.05, 4.69) is 22.1 Å². The minimum atomic E-state index is -0.685. The molecule has 1 aliphatic carbocycles. The Morgan fingerprint density at radius 3 is 2.53 bits per heavy atom. The van der Waals surface area contributed by atoms with Crippen molar-refractivity contribution in [2.45, 2.75) is 52.7 Å².